The zero-order valence-corrected chi connectivity index (χ0v) is 19.3. The van der Waals surface area contributed by atoms with E-state index in [4.69, 9.17) is 14.2 Å². The first-order chi connectivity index (χ1) is 16.1. The van der Waals surface area contributed by atoms with Crippen LogP contribution < -0.4 is 14.4 Å². The number of likely N-dealkylation sites (tertiary alicyclic amines) is 1. The zero-order chi connectivity index (χ0) is 23.2. The summed E-state index contributed by atoms with van der Waals surface area (Å²) in [7, 11) is 3.10. The van der Waals surface area contributed by atoms with Crippen LogP contribution in [0, 0.1) is 0 Å². The Hall–Kier alpha value is -3.59. The van der Waals surface area contributed by atoms with Crippen molar-refractivity contribution in [3.8, 4) is 11.5 Å². The van der Waals surface area contributed by atoms with Gasteiger partial charge in [-0.05, 0) is 30.5 Å². The van der Waals surface area contributed by atoms with Crippen LogP contribution in [-0.2, 0) is 16.1 Å². The van der Waals surface area contributed by atoms with Gasteiger partial charge in [-0.1, -0.05) is 30.3 Å². The summed E-state index contributed by atoms with van der Waals surface area (Å²) in [5, 5.41) is 2.29. The summed E-state index contributed by atoms with van der Waals surface area (Å²) in [6.45, 7) is 0.606. The maximum absolute atomic E-state index is 13.8. The van der Waals surface area contributed by atoms with Gasteiger partial charge in [0.15, 0.2) is 5.13 Å². The predicted molar refractivity (Wildman–Crippen MR) is 125 cm³/mol. The molecule has 4 rings (SSSR count). The van der Waals surface area contributed by atoms with Crippen LogP contribution in [0.3, 0.4) is 0 Å². The van der Waals surface area contributed by atoms with Crippen LogP contribution >= 0.6 is 11.3 Å². The molecule has 33 heavy (non-hydrogen) atoms. The molecule has 2 amide bonds. The lowest BCUT2D eigenvalue weighted by Crippen LogP contribution is -2.46. The maximum Gasteiger partial charge on any atom is 0.410 e. The number of aromatic nitrogens is 1. The van der Waals surface area contributed by atoms with Gasteiger partial charge in [0.2, 0.25) is 0 Å². The summed E-state index contributed by atoms with van der Waals surface area (Å²) < 4.78 is 16.3. The first-order valence-corrected chi connectivity index (χ1v) is 11.4. The second-order valence-corrected chi connectivity index (χ2v) is 8.29. The Labute approximate surface area is 196 Å². The molecule has 0 radical (unpaired) electrons. The highest BCUT2D eigenvalue weighted by atomic mass is 32.1. The standard InChI is InChI=1S/C24H25N3O5S/c1-30-18-10-11-19(21(15-18)31-2)27(23-25-12-14-33-23)22(28)20-9-6-13-26(20)24(29)32-16-17-7-4-3-5-8-17/h3-5,7-8,10-12,14-15,20H,6,9,13,16H2,1-2H3. The normalized spacial score (nSPS) is 15.2. The molecule has 9 heteroatoms. The Balaban J connectivity index is 1.59. The van der Waals surface area contributed by atoms with E-state index in [0.29, 0.717) is 41.7 Å². The molecular weight excluding hydrogens is 442 g/mol. The Morgan fingerprint density at radius 2 is 1.97 bits per heavy atom. The zero-order valence-electron chi connectivity index (χ0n) is 18.5. The van der Waals surface area contributed by atoms with E-state index >= 15 is 0 Å². The van der Waals surface area contributed by atoms with Gasteiger partial charge < -0.3 is 14.2 Å². The Bertz CT molecular complexity index is 1090. The van der Waals surface area contributed by atoms with Crippen LogP contribution in [-0.4, -0.2) is 48.7 Å². The summed E-state index contributed by atoms with van der Waals surface area (Å²) in [4.78, 5) is 34.0. The molecule has 0 spiro atoms. The van der Waals surface area contributed by atoms with Gasteiger partial charge in [-0.25, -0.2) is 9.78 Å². The van der Waals surface area contributed by atoms with E-state index in [1.54, 1.807) is 36.9 Å². The summed E-state index contributed by atoms with van der Waals surface area (Å²) in [6, 6.07) is 14.0. The average molecular weight is 468 g/mol. The largest absolute Gasteiger partial charge is 0.497 e. The Kier molecular flexibility index (Phi) is 7.09. The number of hydrogen-bond acceptors (Lipinski definition) is 7. The smallest absolute Gasteiger partial charge is 0.410 e. The molecule has 1 saturated heterocycles. The first kappa shape index (κ1) is 22.6. The molecule has 1 aromatic heterocycles. The van der Waals surface area contributed by atoms with Gasteiger partial charge in [-0.2, -0.15) is 0 Å². The number of methoxy groups -OCH3 is 2. The van der Waals surface area contributed by atoms with E-state index in [1.165, 1.54) is 28.2 Å². The number of amides is 2. The molecule has 1 unspecified atom stereocenters. The number of thiazole rings is 1. The fraction of sp³-hybridized carbons (Fsp3) is 0.292. The molecule has 8 nitrogen and oxygen atoms in total. The van der Waals surface area contributed by atoms with E-state index in [9.17, 15) is 9.59 Å². The van der Waals surface area contributed by atoms with Gasteiger partial charge in [-0.15, -0.1) is 11.3 Å². The molecule has 1 aliphatic heterocycles. The maximum atomic E-state index is 13.8. The second kappa shape index (κ2) is 10.4. The average Bonchev–Trinajstić information content (AvgIpc) is 3.56. The van der Waals surface area contributed by atoms with Gasteiger partial charge in [0.05, 0.1) is 19.9 Å². The second-order valence-electron chi connectivity index (χ2n) is 7.42. The summed E-state index contributed by atoms with van der Waals surface area (Å²) >= 11 is 1.33. The topological polar surface area (TPSA) is 81.2 Å². The van der Waals surface area contributed by atoms with Crippen molar-refractivity contribution in [3.05, 3.63) is 65.7 Å². The molecule has 1 aliphatic rings. The van der Waals surface area contributed by atoms with Crippen molar-refractivity contribution in [2.75, 3.05) is 25.7 Å². The molecule has 2 heterocycles. The monoisotopic (exact) mass is 467 g/mol. The highest BCUT2D eigenvalue weighted by Crippen LogP contribution is 2.39. The number of ether oxygens (including phenoxy) is 3. The van der Waals surface area contributed by atoms with Crippen LogP contribution in [0.15, 0.2) is 60.1 Å². The van der Waals surface area contributed by atoms with Crippen molar-refractivity contribution < 1.29 is 23.8 Å². The molecular formula is C24H25N3O5S. The van der Waals surface area contributed by atoms with Crippen molar-refractivity contribution in [3.63, 3.8) is 0 Å². The van der Waals surface area contributed by atoms with Crippen LogP contribution in [0.2, 0.25) is 0 Å². The molecule has 172 valence electrons. The number of nitrogens with zero attached hydrogens (tertiary/aromatic N) is 3. The minimum Gasteiger partial charge on any atom is -0.497 e. The summed E-state index contributed by atoms with van der Waals surface area (Å²) in [5.41, 5.74) is 1.42. The molecule has 1 fully saturated rings. The van der Waals surface area contributed by atoms with Gasteiger partial charge in [-0.3, -0.25) is 14.6 Å². The van der Waals surface area contributed by atoms with Crippen LogP contribution in [0.1, 0.15) is 18.4 Å². The first-order valence-electron chi connectivity index (χ1n) is 10.5. The van der Waals surface area contributed by atoms with Gasteiger partial charge in [0.25, 0.3) is 5.91 Å². The third kappa shape index (κ3) is 4.93. The lowest BCUT2D eigenvalue weighted by molar-refractivity contribution is -0.121. The quantitative estimate of drug-likeness (QED) is 0.504. The van der Waals surface area contributed by atoms with Crippen molar-refractivity contribution >= 4 is 34.2 Å². The van der Waals surface area contributed by atoms with Crippen molar-refractivity contribution in [1.82, 2.24) is 9.88 Å². The van der Waals surface area contributed by atoms with Crippen LogP contribution in [0.25, 0.3) is 0 Å². The van der Waals surface area contributed by atoms with Crippen molar-refractivity contribution in [2.45, 2.75) is 25.5 Å². The third-order valence-electron chi connectivity index (χ3n) is 5.44. The van der Waals surface area contributed by atoms with Crippen LogP contribution in [0.4, 0.5) is 15.6 Å². The van der Waals surface area contributed by atoms with Gasteiger partial charge in [0, 0.05) is 24.2 Å². The number of hydrogen-bond donors (Lipinski definition) is 0. The summed E-state index contributed by atoms with van der Waals surface area (Å²) in [5.74, 6) is 0.811. The molecule has 3 aromatic rings. The highest BCUT2D eigenvalue weighted by molar-refractivity contribution is 7.13. The number of anilines is 2. The lowest BCUT2D eigenvalue weighted by atomic mass is 10.1. The van der Waals surface area contributed by atoms with E-state index in [2.05, 4.69) is 4.98 Å². The molecule has 0 N–H and O–H groups in total. The van der Waals surface area contributed by atoms with Gasteiger partial charge >= 0.3 is 6.09 Å². The number of carbonyl (C=O) groups is 2. The SMILES string of the molecule is COc1ccc(N(C(=O)C2CCCN2C(=O)OCc2ccccc2)c2nccs2)c(OC)c1. The molecule has 1 atom stereocenters. The van der Waals surface area contributed by atoms with Gasteiger partial charge in [0.1, 0.15) is 24.1 Å². The van der Waals surface area contributed by atoms with Crippen molar-refractivity contribution in [2.24, 2.45) is 0 Å². The molecule has 0 saturated carbocycles. The van der Waals surface area contributed by atoms with E-state index in [-0.39, 0.29) is 12.5 Å². The molecule has 0 aliphatic carbocycles. The highest BCUT2D eigenvalue weighted by Gasteiger charge is 2.39. The Morgan fingerprint density at radius 3 is 2.67 bits per heavy atom. The Morgan fingerprint density at radius 1 is 1.15 bits per heavy atom. The summed E-state index contributed by atoms with van der Waals surface area (Å²) in [6.07, 6.45) is 2.38. The van der Waals surface area contributed by atoms with E-state index in [0.717, 1.165) is 5.56 Å². The minimum absolute atomic E-state index is 0.152. The lowest BCUT2D eigenvalue weighted by Gasteiger charge is -2.29. The predicted octanol–water partition coefficient (Wildman–Crippen LogP) is 4.63. The third-order valence-corrected chi connectivity index (χ3v) is 6.19. The number of benzene rings is 2. The van der Waals surface area contributed by atoms with E-state index < -0.39 is 12.1 Å². The number of rotatable bonds is 7. The fourth-order valence-corrected chi connectivity index (χ4v) is 4.46. The number of carbonyl (C=O) groups excluding carboxylic acids is 2. The molecule has 2 aromatic carbocycles. The minimum atomic E-state index is -0.663. The van der Waals surface area contributed by atoms with Crippen molar-refractivity contribution in [1.29, 1.82) is 0 Å². The molecule has 0 bridgehead atoms. The van der Waals surface area contributed by atoms with E-state index in [1.807, 2.05) is 30.3 Å². The fourth-order valence-electron chi connectivity index (χ4n) is 3.81. The van der Waals surface area contributed by atoms with Crippen LogP contribution in [0.5, 0.6) is 11.5 Å².